The zero-order valence-electron chi connectivity index (χ0n) is 12.7. The SMILES string of the molecule is CC(C)(O)C#Cc1ccc(-n2cccc2CCC(=O)O)cc1. The molecule has 0 amide bonds. The number of carbonyl (C=O) groups is 1. The molecule has 4 nitrogen and oxygen atoms in total. The Hall–Kier alpha value is -2.51. The van der Waals surface area contributed by atoms with Crippen LogP contribution in [0.5, 0.6) is 0 Å². The lowest BCUT2D eigenvalue weighted by Crippen LogP contribution is -2.14. The van der Waals surface area contributed by atoms with Crippen LogP contribution in [0, 0.1) is 11.8 Å². The molecule has 2 aromatic rings. The molecule has 1 heterocycles. The lowest BCUT2D eigenvalue weighted by Gasteiger charge is -2.09. The third-order valence-corrected chi connectivity index (χ3v) is 3.09. The third kappa shape index (κ3) is 4.51. The van der Waals surface area contributed by atoms with E-state index in [1.165, 1.54) is 0 Å². The molecule has 0 unspecified atom stereocenters. The van der Waals surface area contributed by atoms with Crippen molar-refractivity contribution in [2.75, 3.05) is 0 Å². The van der Waals surface area contributed by atoms with Crippen molar-refractivity contribution in [2.45, 2.75) is 32.3 Å². The fourth-order valence-corrected chi connectivity index (χ4v) is 2.04. The van der Waals surface area contributed by atoms with Crippen molar-refractivity contribution in [2.24, 2.45) is 0 Å². The molecule has 1 aromatic heterocycles. The van der Waals surface area contributed by atoms with Crippen molar-refractivity contribution in [1.82, 2.24) is 4.57 Å². The van der Waals surface area contributed by atoms with Crippen LogP contribution in [0.3, 0.4) is 0 Å². The summed E-state index contributed by atoms with van der Waals surface area (Å²) in [4.78, 5) is 10.7. The molecular formula is C18H19NO3. The van der Waals surface area contributed by atoms with Gasteiger partial charge in [-0.15, -0.1) is 0 Å². The minimum absolute atomic E-state index is 0.110. The smallest absolute Gasteiger partial charge is 0.303 e. The summed E-state index contributed by atoms with van der Waals surface area (Å²) in [7, 11) is 0. The van der Waals surface area contributed by atoms with E-state index in [1.807, 2.05) is 47.2 Å². The number of hydrogen-bond acceptors (Lipinski definition) is 2. The van der Waals surface area contributed by atoms with E-state index in [1.54, 1.807) is 13.8 Å². The van der Waals surface area contributed by atoms with Crippen LogP contribution in [0.25, 0.3) is 5.69 Å². The molecule has 2 rings (SSSR count). The molecule has 0 spiro atoms. The Morgan fingerprint density at radius 1 is 1.23 bits per heavy atom. The number of benzene rings is 1. The number of hydrogen-bond donors (Lipinski definition) is 2. The summed E-state index contributed by atoms with van der Waals surface area (Å²) in [6, 6.07) is 11.4. The molecule has 0 aliphatic carbocycles. The first-order valence-electron chi connectivity index (χ1n) is 7.09. The summed E-state index contributed by atoms with van der Waals surface area (Å²) >= 11 is 0. The monoisotopic (exact) mass is 297 g/mol. The molecule has 0 saturated heterocycles. The number of rotatable bonds is 4. The number of nitrogens with zero attached hydrogens (tertiary/aromatic N) is 1. The number of carboxylic acids is 1. The molecule has 0 atom stereocenters. The molecule has 0 saturated carbocycles. The van der Waals surface area contributed by atoms with Gasteiger partial charge in [0.1, 0.15) is 5.60 Å². The van der Waals surface area contributed by atoms with Crippen molar-refractivity contribution in [3.8, 4) is 17.5 Å². The van der Waals surface area contributed by atoms with E-state index in [0.29, 0.717) is 6.42 Å². The molecule has 2 N–H and O–H groups in total. The summed E-state index contributed by atoms with van der Waals surface area (Å²) in [6.45, 7) is 3.28. The molecule has 0 aliphatic heterocycles. The Morgan fingerprint density at radius 2 is 1.91 bits per heavy atom. The van der Waals surface area contributed by atoms with Gasteiger partial charge in [0.2, 0.25) is 0 Å². The Bertz CT molecular complexity index is 709. The summed E-state index contributed by atoms with van der Waals surface area (Å²) in [5, 5.41) is 18.4. The quantitative estimate of drug-likeness (QED) is 0.853. The molecule has 0 bridgehead atoms. The van der Waals surface area contributed by atoms with E-state index in [2.05, 4.69) is 11.8 Å². The standard InChI is InChI=1S/C18H19NO3/c1-18(2,22)12-11-14-5-7-16(8-6-14)19-13-3-4-15(19)9-10-17(20)21/h3-8,13,22H,9-10H2,1-2H3,(H,20,21). The van der Waals surface area contributed by atoms with Crippen molar-refractivity contribution in [3.05, 3.63) is 53.9 Å². The highest BCUT2D eigenvalue weighted by Crippen LogP contribution is 2.15. The van der Waals surface area contributed by atoms with E-state index in [0.717, 1.165) is 16.9 Å². The van der Waals surface area contributed by atoms with Crippen LogP contribution in [0.1, 0.15) is 31.5 Å². The average molecular weight is 297 g/mol. The van der Waals surface area contributed by atoms with Crippen LogP contribution in [0.4, 0.5) is 0 Å². The fourth-order valence-electron chi connectivity index (χ4n) is 2.04. The van der Waals surface area contributed by atoms with Gasteiger partial charge in [0.05, 0.1) is 6.42 Å². The predicted octanol–water partition coefficient (Wildman–Crippen LogP) is 2.62. The van der Waals surface area contributed by atoms with E-state index < -0.39 is 11.6 Å². The molecule has 4 heteroatoms. The van der Waals surface area contributed by atoms with Gasteiger partial charge in [0.15, 0.2) is 0 Å². The summed E-state index contributed by atoms with van der Waals surface area (Å²) < 4.78 is 1.97. The first kappa shape index (κ1) is 15.9. The van der Waals surface area contributed by atoms with Crippen LogP contribution in [0.2, 0.25) is 0 Å². The number of aliphatic carboxylic acids is 1. The number of aryl methyl sites for hydroxylation is 1. The maximum Gasteiger partial charge on any atom is 0.303 e. The number of aromatic nitrogens is 1. The molecule has 1 aromatic carbocycles. The third-order valence-electron chi connectivity index (χ3n) is 3.09. The predicted molar refractivity (Wildman–Crippen MR) is 84.9 cm³/mol. The number of aliphatic hydroxyl groups is 1. The topological polar surface area (TPSA) is 62.5 Å². The second kappa shape index (κ2) is 6.50. The maximum atomic E-state index is 10.7. The van der Waals surface area contributed by atoms with Gasteiger partial charge in [-0.1, -0.05) is 11.8 Å². The van der Waals surface area contributed by atoms with Crippen molar-refractivity contribution < 1.29 is 15.0 Å². The van der Waals surface area contributed by atoms with Crippen LogP contribution in [-0.4, -0.2) is 26.4 Å². The van der Waals surface area contributed by atoms with Gasteiger partial charge in [0, 0.05) is 23.1 Å². The van der Waals surface area contributed by atoms with Crippen molar-refractivity contribution in [3.63, 3.8) is 0 Å². The van der Waals surface area contributed by atoms with Gasteiger partial charge >= 0.3 is 5.97 Å². The molecule has 0 fully saturated rings. The largest absolute Gasteiger partial charge is 0.481 e. The van der Waals surface area contributed by atoms with Crippen LogP contribution >= 0.6 is 0 Å². The summed E-state index contributed by atoms with van der Waals surface area (Å²) in [5.74, 6) is 4.89. The van der Waals surface area contributed by atoms with E-state index in [9.17, 15) is 9.90 Å². The second-order valence-corrected chi connectivity index (χ2v) is 5.62. The van der Waals surface area contributed by atoms with E-state index in [4.69, 9.17) is 5.11 Å². The molecule has 114 valence electrons. The fraction of sp³-hybridized carbons (Fsp3) is 0.278. The Kier molecular flexibility index (Phi) is 4.69. The normalized spacial score (nSPS) is 10.9. The van der Waals surface area contributed by atoms with Crippen molar-refractivity contribution in [1.29, 1.82) is 0 Å². The second-order valence-electron chi connectivity index (χ2n) is 5.62. The molecule has 0 aliphatic rings. The first-order valence-corrected chi connectivity index (χ1v) is 7.09. The first-order chi connectivity index (χ1) is 10.3. The van der Waals surface area contributed by atoms with Gasteiger partial charge in [-0.2, -0.15) is 0 Å². The number of carboxylic acid groups (broad SMARTS) is 1. The summed E-state index contributed by atoms with van der Waals surface area (Å²) in [5.41, 5.74) is 1.73. The zero-order chi connectivity index (χ0) is 16.2. The maximum absolute atomic E-state index is 10.7. The molecule has 0 radical (unpaired) electrons. The van der Waals surface area contributed by atoms with Gasteiger partial charge in [0.25, 0.3) is 0 Å². The van der Waals surface area contributed by atoms with E-state index >= 15 is 0 Å². The Labute approximate surface area is 130 Å². The van der Waals surface area contributed by atoms with Crippen molar-refractivity contribution >= 4 is 5.97 Å². The van der Waals surface area contributed by atoms with Gasteiger partial charge in [-0.25, -0.2) is 0 Å². The Morgan fingerprint density at radius 3 is 2.50 bits per heavy atom. The highest BCUT2D eigenvalue weighted by molar-refractivity contribution is 5.67. The van der Waals surface area contributed by atoms with Crippen LogP contribution in [-0.2, 0) is 11.2 Å². The van der Waals surface area contributed by atoms with Crippen LogP contribution in [0.15, 0.2) is 42.6 Å². The minimum atomic E-state index is -1.01. The lowest BCUT2D eigenvalue weighted by atomic mass is 10.1. The molecule has 22 heavy (non-hydrogen) atoms. The lowest BCUT2D eigenvalue weighted by molar-refractivity contribution is -0.136. The Balaban J connectivity index is 2.19. The average Bonchev–Trinajstić information content (AvgIpc) is 2.91. The minimum Gasteiger partial charge on any atom is -0.481 e. The zero-order valence-corrected chi connectivity index (χ0v) is 12.7. The molecular weight excluding hydrogens is 278 g/mol. The van der Waals surface area contributed by atoms with Gasteiger partial charge < -0.3 is 14.8 Å². The van der Waals surface area contributed by atoms with Gasteiger partial charge in [-0.3, -0.25) is 4.79 Å². The highest BCUT2D eigenvalue weighted by atomic mass is 16.4. The highest BCUT2D eigenvalue weighted by Gasteiger charge is 2.07. The van der Waals surface area contributed by atoms with E-state index in [-0.39, 0.29) is 6.42 Å². The van der Waals surface area contributed by atoms with Gasteiger partial charge in [-0.05, 0) is 56.7 Å². The van der Waals surface area contributed by atoms with Crippen LogP contribution < -0.4 is 0 Å². The summed E-state index contributed by atoms with van der Waals surface area (Å²) in [6.07, 6.45) is 2.51.